The fourth-order valence-electron chi connectivity index (χ4n) is 1.48. The van der Waals surface area contributed by atoms with E-state index in [9.17, 15) is 9.59 Å². The molecule has 98 valence electrons. The lowest BCUT2D eigenvalue weighted by Gasteiger charge is -2.18. The zero-order chi connectivity index (χ0) is 13.7. The van der Waals surface area contributed by atoms with E-state index in [-0.39, 0.29) is 18.9 Å². The minimum Gasteiger partial charge on any atom is -0.480 e. The van der Waals surface area contributed by atoms with Crippen LogP contribution in [0.1, 0.15) is 12.5 Å². The van der Waals surface area contributed by atoms with E-state index in [1.165, 1.54) is 4.90 Å². The molecule has 0 bridgehead atoms. The van der Waals surface area contributed by atoms with Gasteiger partial charge in [-0.25, -0.2) is 0 Å². The number of carbonyl (C=O) groups is 2. The maximum absolute atomic E-state index is 11.9. The number of carboxylic acid groups (broad SMARTS) is 1. The highest BCUT2D eigenvalue weighted by Gasteiger charge is 2.15. The van der Waals surface area contributed by atoms with E-state index in [1.807, 2.05) is 0 Å². The van der Waals surface area contributed by atoms with Gasteiger partial charge in [0, 0.05) is 6.54 Å². The molecule has 1 aromatic carbocycles. The summed E-state index contributed by atoms with van der Waals surface area (Å²) in [6.07, 6.45) is 0.109. The Morgan fingerprint density at radius 1 is 1.28 bits per heavy atom. The van der Waals surface area contributed by atoms with Gasteiger partial charge in [0.15, 0.2) is 0 Å². The number of hydrogen-bond donors (Lipinski definition) is 1. The number of carbonyl (C=O) groups excluding carboxylic acids is 1. The summed E-state index contributed by atoms with van der Waals surface area (Å²) in [5.74, 6) is -1.28. The average molecular weight is 290 g/mol. The van der Waals surface area contributed by atoms with Crippen molar-refractivity contribution in [1.29, 1.82) is 0 Å². The van der Waals surface area contributed by atoms with Crippen molar-refractivity contribution in [2.45, 2.75) is 13.3 Å². The van der Waals surface area contributed by atoms with Crippen LogP contribution in [-0.4, -0.2) is 35.0 Å². The number of rotatable bonds is 5. The molecule has 0 spiro atoms. The Morgan fingerprint density at radius 2 is 1.94 bits per heavy atom. The molecule has 4 nitrogen and oxygen atoms in total. The van der Waals surface area contributed by atoms with Gasteiger partial charge in [0.1, 0.15) is 6.54 Å². The van der Waals surface area contributed by atoms with Crippen LogP contribution < -0.4 is 0 Å². The van der Waals surface area contributed by atoms with Crippen LogP contribution >= 0.6 is 23.2 Å². The number of aliphatic carboxylic acids is 1. The SMILES string of the molecule is CCN(CC(=O)O)C(=O)Cc1ccc(Cl)c(Cl)c1. The highest BCUT2D eigenvalue weighted by Crippen LogP contribution is 2.22. The van der Waals surface area contributed by atoms with Crippen LogP contribution in [0.25, 0.3) is 0 Å². The Bertz CT molecular complexity index is 463. The Morgan fingerprint density at radius 3 is 2.44 bits per heavy atom. The maximum atomic E-state index is 11.9. The molecule has 0 aliphatic rings. The van der Waals surface area contributed by atoms with Crippen molar-refractivity contribution < 1.29 is 14.7 Å². The molecule has 0 unspecified atom stereocenters. The summed E-state index contributed by atoms with van der Waals surface area (Å²) in [7, 11) is 0. The summed E-state index contributed by atoms with van der Waals surface area (Å²) in [5, 5.41) is 9.48. The zero-order valence-electron chi connectivity index (χ0n) is 9.82. The normalized spacial score (nSPS) is 10.2. The second kappa shape index (κ2) is 6.61. The van der Waals surface area contributed by atoms with Crippen molar-refractivity contribution in [3.05, 3.63) is 33.8 Å². The number of benzene rings is 1. The molecule has 0 aliphatic heterocycles. The molecule has 0 atom stereocenters. The molecule has 1 aromatic rings. The number of likely N-dealkylation sites (N-methyl/N-ethyl adjacent to an activating group) is 1. The molecule has 0 fully saturated rings. The van der Waals surface area contributed by atoms with Crippen molar-refractivity contribution in [1.82, 2.24) is 4.90 Å². The van der Waals surface area contributed by atoms with Gasteiger partial charge < -0.3 is 10.0 Å². The number of nitrogens with zero attached hydrogens (tertiary/aromatic N) is 1. The number of halogens is 2. The molecule has 6 heteroatoms. The summed E-state index contributed by atoms with van der Waals surface area (Å²) >= 11 is 11.6. The molecular formula is C12H13Cl2NO3. The van der Waals surface area contributed by atoms with E-state index < -0.39 is 5.97 Å². The van der Waals surface area contributed by atoms with E-state index in [0.29, 0.717) is 22.2 Å². The summed E-state index contributed by atoms with van der Waals surface area (Å²) in [5.41, 5.74) is 0.707. The minimum atomic E-state index is -1.03. The van der Waals surface area contributed by atoms with Crippen molar-refractivity contribution >= 4 is 35.1 Å². The lowest BCUT2D eigenvalue weighted by atomic mass is 10.1. The molecule has 0 aromatic heterocycles. The van der Waals surface area contributed by atoms with E-state index >= 15 is 0 Å². The molecule has 0 radical (unpaired) electrons. The van der Waals surface area contributed by atoms with Gasteiger partial charge in [-0.15, -0.1) is 0 Å². The lowest BCUT2D eigenvalue weighted by Crippen LogP contribution is -2.36. The topological polar surface area (TPSA) is 57.6 Å². The van der Waals surface area contributed by atoms with Gasteiger partial charge in [0.05, 0.1) is 16.5 Å². The second-order valence-corrected chi connectivity index (χ2v) is 4.54. The highest BCUT2D eigenvalue weighted by atomic mass is 35.5. The third kappa shape index (κ3) is 4.20. The first-order valence-electron chi connectivity index (χ1n) is 5.37. The van der Waals surface area contributed by atoms with Crippen LogP contribution in [0.2, 0.25) is 10.0 Å². The fraction of sp³-hybridized carbons (Fsp3) is 0.333. The van der Waals surface area contributed by atoms with Gasteiger partial charge in [-0.05, 0) is 24.6 Å². The maximum Gasteiger partial charge on any atom is 0.323 e. The Balaban J connectivity index is 2.73. The van der Waals surface area contributed by atoms with Gasteiger partial charge in [0.2, 0.25) is 5.91 Å². The van der Waals surface area contributed by atoms with Crippen molar-refractivity contribution in [3.8, 4) is 0 Å². The molecule has 0 saturated carbocycles. The quantitative estimate of drug-likeness (QED) is 0.906. The zero-order valence-corrected chi connectivity index (χ0v) is 11.3. The number of carboxylic acids is 1. The van der Waals surface area contributed by atoms with Gasteiger partial charge >= 0.3 is 5.97 Å². The van der Waals surface area contributed by atoms with E-state index in [1.54, 1.807) is 25.1 Å². The van der Waals surface area contributed by atoms with Gasteiger partial charge in [-0.3, -0.25) is 9.59 Å². The lowest BCUT2D eigenvalue weighted by molar-refractivity contribution is -0.144. The van der Waals surface area contributed by atoms with Gasteiger partial charge in [0.25, 0.3) is 0 Å². The largest absolute Gasteiger partial charge is 0.480 e. The van der Waals surface area contributed by atoms with E-state index in [4.69, 9.17) is 28.3 Å². The third-order valence-corrected chi connectivity index (χ3v) is 3.14. The average Bonchev–Trinajstić information content (AvgIpc) is 2.30. The Hall–Kier alpha value is -1.26. The minimum absolute atomic E-state index is 0.109. The smallest absolute Gasteiger partial charge is 0.323 e. The summed E-state index contributed by atoms with van der Waals surface area (Å²) < 4.78 is 0. The van der Waals surface area contributed by atoms with E-state index in [0.717, 1.165) is 0 Å². The third-order valence-electron chi connectivity index (χ3n) is 2.40. The van der Waals surface area contributed by atoms with Crippen molar-refractivity contribution in [2.75, 3.05) is 13.1 Å². The molecule has 0 heterocycles. The van der Waals surface area contributed by atoms with Crippen LogP contribution in [0.5, 0.6) is 0 Å². The first-order chi connectivity index (χ1) is 8.43. The first kappa shape index (κ1) is 14.8. The summed E-state index contributed by atoms with van der Waals surface area (Å²) in [4.78, 5) is 23.7. The molecule has 1 rings (SSSR count). The monoisotopic (exact) mass is 289 g/mol. The predicted octanol–water partition coefficient (Wildman–Crippen LogP) is 2.47. The standard InChI is InChI=1S/C12H13Cl2NO3/c1-2-15(7-12(17)18)11(16)6-8-3-4-9(13)10(14)5-8/h3-5H,2,6-7H2,1H3,(H,17,18). The molecule has 1 N–H and O–H groups in total. The van der Waals surface area contributed by atoms with Crippen LogP contribution in [0, 0.1) is 0 Å². The van der Waals surface area contributed by atoms with Crippen molar-refractivity contribution in [3.63, 3.8) is 0 Å². The van der Waals surface area contributed by atoms with E-state index in [2.05, 4.69) is 0 Å². The molecule has 0 saturated heterocycles. The summed E-state index contributed by atoms with van der Waals surface area (Å²) in [6.45, 7) is 1.79. The number of amides is 1. The van der Waals surface area contributed by atoms with Gasteiger partial charge in [-0.1, -0.05) is 29.3 Å². The first-order valence-corrected chi connectivity index (χ1v) is 6.13. The summed E-state index contributed by atoms with van der Waals surface area (Å²) in [6, 6.07) is 4.91. The van der Waals surface area contributed by atoms with Crippen LogP contribution in [0.3, 0.4) is 0 Å². The molecular weight excluding hydrogens is 277 g/mol. The van der Waals surface area contributed by atoms with Crippen LogP contribution in [-0.2, 0) is 16.0 Å². The van der Waals surface area contributed by atoms with Crippen LogP contribution in [0.4, 0.5) is 0 Å². The fourth-order valence-corrected chi connectivity index (χ4v) is 1.80. The van der Waals surface area contributed by atoms with Crippen LogP contribution in [0.15, 0.2) is 18.2 Å². The Kier molecular flexibility index (Phi) is 5.44. The molecule has 18 heavy (non-hydrogen) atoms. The Labute approximate surface area is 115 Å². The second-order valence-electron chi connectivity index (χ2n) is 3.73. The molecule has 1 amide bonds. The van der Waals surface area contributed by atoms with Crippen molar-refractivity contribution in [2.24, 2.45) is 0 Å². The predicted molar refractivity (Wildman–Crippen MR) is 70.1 cm³/mol. The van der Waals surface area contributed by atoms with Gasteiger partial charge in [-0.2, -0.15) is 0 Å². The highest BCUT2D eigenvalue weighted by molar-refractivity contribution is 6.42. The molecule has 0 aliphatic carbocycles. The number of hydrogen-bond acceptors (Lipinski definition) is 2.